The Bertz CT molecular complexity index is 1160. The van der Waals surface area contributed by atoms with Gasteiger partial charge < -0.3 is 18.8 Å². The minimum absolute atomic E-state index is 0.0312. The summed E-state index contributed by atoms with van der Waals surface area (Å²) in [6, 6.07) is 15.8. The number of likely N-dealkylation sites (tertiary alicyclic amines) is 2. The van der Waals surface area contributed by atoms with E-state index < -0.39 is 0 Å². The van der Waals surface area contributed by atoms with Crippen LogP contribution in [0, 0.1) is 12.8 Å². The first-order valence-corrected chi connectivity index (χ1v) is 11.6. The molecule has 3 aromatic rings. The Morgan fingerprint density at radius 2 is 1.94 bits per heavy atom. The lowest BCUT2D eigenvalue weighted by atomic mass is 9.72. The average molecular weight is 463 g/mol. The zero-order chi connectivity index (χ0) is 23.7. The van der Waals surface area contributed by atoms with Crippen molar-refractivity contribution >= 4 is 5.91 Å². The van der Waals surface area contributed by atoms with Gasteiger partial charge >= 0.3 is 0 Å². The first-order valence-electron chi connectivity index (χ1n) is 11.6. The van der Waals surface area contributed by atoms with E-state index >= 15 is 0 Å². The number of fused-ring (bicyclic) bond motifs is 1. The molecule has 2 aromatic carbocycles. The molecule has 0 radical (unpaired) electrons. The normalized spacial score (nSPS) is 22.4. The number of aromatic nitrogens is 2. The SMILES string of the molecule is COc1ccc(C(=O)N2CC[C@]3(c4nnc(C)o4)CN(Cc4ccccc4)C[C@@H]3C2)c(OC)c1. The number of aryl methyl sites for hydroxylation is 1. The van der Waals surface area contributed by atoms with Gasteiger partial charge in [0.2, 0.25) is 11.8 Å². The quantitative estimate of drug-likeness (QED) is 0.556. The predicted octanol–water partition coefficient (Wildman–Crippen LogP) is 3.31. The molecule has 34 heavy (non-hydrogen) atoms. The summed E-state index contributed by atoms with van der Waals surface area (Å²) in [4.78, 5) is 17.9. The molecule has 2 fully saturated rings. The summed E-state index contributed by atoms with van der Waals surface area (Å²) in [6.07, 6.45) is 0.773. The van der Waals surface area contributed by atoms with Crippen molar-refractivity contribution in [2.75, 3.05) is 40.4 Å². The van der Waals surface area contributed by atoms with Gasteiger partial charge in [0, 0.05) is 51.6 Å². The Morgan fingerprint density at radius 3 is 2.65 bits per heavy atom. The van der Waals surface area contributed by atoms with Crippen LogP contribution in [0.15, 0.2) is 52.9 Å². The highest BCUT2D eigenvalue weighted by molar-refractivity contribution is 5.97. The molecular weight excluding hydrogens is 432 g/mol. The third-order valence-corrected chi connectivity index (χ3v) is 7.16. The van der Waals surface area contributed by atoms with E-state index in [0.717, 1.165) is 26.1 Å². The van der Waals surface area contributed by atoms with Gasteiger partial charge in [0.1, 0.15) is 11.5 Å². The highest BCUT2D eigenvalue weighted by Gasteiger charge is 2.54. The van der Waals surface area contributed by atoms with Gasteiger partial charge in [-0.05, 0) is 24.1 Å². The number of hydrogen-bond donors (Lipinski definition) is 0. The molecule has 0 aliphatic carbocycles. The number of methoxy groups -OCH3 is 2. The fourth-order valence-corrected chi connectivity index (χ4v) is 5.43. The first-order chi connectivity index (χ1) is 16.5. The molecule has 0 N–H and O–H groups in total. The van der Waals surface area contributed by atoms with Crippen LogP contribution in [0.3, 0.4) is 0 Å². The van der Waals surface area contributed by atoms with Gasteiger partial charge in [-0.1, -0.05) is 30.3 Å². The molecule has 0 unspecified atom stereocenters. The summed E-state index contributed by atoms with van der Waals surface area (Å²) >= 11 is 0. The second-order valence-corrected chi connectivity index (χ2v) is 9.20. The molecule has 2 aliphatic heterocycles. The Labute approximate surface area is 199 Å². The molecule has 8 heteroatoms. The number of nitrogens with zero attached hydrogens (tertiary/aromatic N) is 4. The lowest BCUT2D eigenvalue weighted by molar-refractivity contribution is 0.0565. The third-order valence-electron chi connectivity index (χ3n) is 7.16. The topological polar surface area (TPSA) is 80.9 Å². The van der Waals surface area contributed by atoms with Gasteiger partial charge in [0.15, 0.2) is 0 Å². The maximum Gasteiger partial charge on any atom is 0.257 e. The van der Waals surface area contributed by atoms with Crippen LogP contribution < -0.4 is 9.47 Å². The Balaban J connectivity index is 1.40. The molecule has 5 rings (SSSR count). The van der Waals surface area contributed by atoms with E-state index in [1.165, 1.54) is 5.56 Å². The van der Waals surface area contributed by atoms with Crippen LogP contribution in [0.2, 0.25) is 0 Å². The maximum absolute atomic E-state index is 13.5. The molecule has 2 aliphatic rings. The van der Waals surface area contributed by atoms with Gasteiger partial charge in [0.05, 0.1) is 25.2 Å². The van der Waals surface area contributed by atoms with E-state index in [9.17, 15) is 4.79 Å². The molecule has 1 aromatic heterocycles. The number of carbonyl (C=O) groups is 1. The summed E-state index contributed by atoms with van der Waals surface area (Å²) in [5, 5.41) is 8.56. The van der Waals surface area contributed by atoms with Crippen molar-refractivity contribution in [2.24, 2.45) is 5.92 Å². The molecule has 0 bridgehead atoms. The minimum atomic E-state index is -0.253. The second kappa shape index (κ2) is 9.10. The van der Waals surface area contributed by atoms with Gasteiger partial charge in [-0.2, -0.15) is 0 Å². The minimum Gasteiger partial charge on any atom is -0.497 e. The van der Waals surface area contributed by atoms with Crippen molar-refractivity contribution in [1.29, 1.82) is 0 Å². The average Bonchev–Trinajstić information content (AvgIpc) is 3.47. The summed E-state index contributed by atoms with van der Waals surface area (Å²) in [5.41, 5.74) is 1.56. The smallest absolute Gasteiger partial charge is 0.257 e. The molecule has 3 heterocycles. The van der Waals surface area contributed by atoms with Gasteiger partial charge in [-0.15, -0.1) is 10.2 Å². The number of hydrogen-bond acceptors (Lipinski definition) is 7. The van der Waals surface area contributed by atoms with Crippen LogP contribution in [-0.4, -0.2) is 66.3 Å². The molecule has 178 valence electrons. The highest BCUT2D eigenvalue weighted by atomic mass is 16.5. The molecule has 0 spiro atoms. The molecule has 1 amide bonds. The summed E-state index contributed by atoms with van der Waals surface area (Å²) < 4.78 is 16.8. The number of carbonyl (C=O) groups excluding carboxylic acids is 1. The van der Waals surface area contributed by atoms with Crippen molar-refractivity contribution in [3.63, 3.8) is 0 Å². The van der Waals surface area contributed by atoms with Gasteiger partial charge in [0.25, 0.3) is 5.91 Å². The second-order valence-electron chi connectivity index (χ2n) is 9.20. The largest absolute Gasteiger partial charge is 0.497 e. The maximum atomic E-state index is 13.5. The fraction of sp³-hybridized carbons (Fsp3) is 0.423. The van der Waals surface area contributed by atoms with Gasteiger partial charge in [-0.25, -0.2) is 0 Å². The van der Waals surface area contributed by atoms with Crippen molar-refractivity contribution in [2.45, 2.75) is 25.3 Å². The molecule has 2 atom stereocenters. The number of amides is 1. The Kier molecular flexibility index (Phi) is 6.00. The molecule has 2 saturated heterocycles. The number of rotatable bonds is 6. The van der Waals surface area contributed by atoms with E-state index in [0.29, 0.717) is 41.9 Å². The van der Waals surface area contributed by atoms with Crippen LogP contribution in [0.5, 0.6) is 11.5 Å². The van der Waals surface area contributed by atoms with Crippen LogP contribution >= 0.6 is 0 Å². The van der Waals surface area contributed by atoms with Crippen LogP contribution in [-0.2, 0) is 12.0 Å². The van der Waals surface area contributed by atoms with E-state index in [1.807, 2.05) is 17.9 Å². The lowest BCUT2D eigenvalue weighted by Crippen LogP contribution is -2.51. The van der Waals surface area contributed by atoms with Crippen molar-refractivity contribution in [1.82, 2.24) is 20.0 Å². The number of ether oxygens (including phenoxy) is 2. The van der Waals surface area contributed by atoms with Gasteiger partial charge in [-0.3, -0.25) is 9.69 Å². The lowest BCUT2D eigenvalue weighted by Gasteiger charge is -2.41. The monoisotopic (exact) mass is 462 g/mol. The fourth-order valence-electron chi connectivity index (χ4n) is 5.43. The van der Waals surface area contributed by atoms with Crippen molar-refractivity contribution in [3.05, 3.63) is 71.4 Å². The molecular formula is C26H30N4O4. The number of benzene rings is 2. The molecule has 0 saturated carbocycles. The van der Waals surface area contributed by atoms with Crippen LogP contribution in [0.1, 0.15) is 34.1 Å². The highest BCUT2D eigenvalue weighted by Crippen LogP contribution is 2.45. The summed E-state index contributed by atoms with van der Waals surface area (Å²) in [5.74, 6) is 2.61. The predicted molar refractivity (Wildman–Crippen MR) is 126 cm³/mol. The van der Waals surface area contributed by atoms with E-state index in [2.05, 4.69) is 39.4 Å². The standard InChI is InChI=1S/C26H30N4O4/c1-18-27-28-25(34-18)26-11-12-30(24(31)22-10-9-21(32-2)13-23(22)33-3)16-20(26)15-29(17-26)14-19-7-5-4-6-8-19/h4-10,13,20H,11-12,14-17H2,1-3H3/t20-,26+/m1/s1. The third kappa shape index (κ3) is 4.03. The van der Waals surface area contributed by atoms with Crippen LogP contribution in [0.25, 0.3) is 0 Å². The van der Waals surface area contributed by atoms with Crippen molar-refractivity contribution in [3.8, 4) is 11.5 Å². The first kappa shape index (κ1) is 22.4. The van der Waals surface area contributed by atoms with Crippen molar-refractivity contribution < 1.29 is 18.7 Å². The number of piperidine rings is 1. The zero-order valence-electron chi connectivity index (χ0n) is 19.9. The summed E-state index contributed by atoms with van der Waals surface area (Å²) in [6.45, 7) is 5.62. The Hall–Kier alpha value is -3.39. The Morgan fingerprint density at radius 1 is 1.12 bits per heavy atom. The van der Waals surface area contributed by atoms with E-state index in [4.69, 9.17) is 13.9 Å². The summed E-state index contributed by atoms with van der Waals surface area (Å²) in [7, 11) is 3.17. The van der Waals surface area contributed by atoms with E-state index in [-0.39, 0.29) is 17.2 Å². The zero-order valence-corrected chi connectivity index (χ0v) is 19.9. The van der Waals surface area contributed by atoms with E-state index in [1.54, 1.807) is 32.4 Å². The molecule has 8 nitrogen and oxygen atoms in total. The van der Waals surface area contributed by atoms with Crippen LogP contribution in [0.4, 0.5) is 0 Å².